The van der Waals surface area contributed by atoms with Crippen LogP contribution in [0.3, 0.4) is 0 Å². The largest absolute Gasteiger partial charge is 0.493 e. The van der Waals surface area contributed by atoms with Crippen LogP contribution in [0, 0.1) is 18.6 Å². The Morgan fingerprint density at radius 3 is 2.22 bits per heavy atom. The van der Waals surface area contributed by atoms with Crippen LogP contribution in [0.4, 0.5) is 8.78 Å². The zero-order valence-corrected chi connectivity index (χ0v) is 13.8. The fourth-order valence-electron chi connectivity index (χ4n) is 2.02. The molecular weight excluding hydrogens is 310 g/mol. The summed E-state index contributed by atoms with van der Waals surface area (Å²) in [6, 6.07) is -1.46. The van der Waals surface area contributed by atoms with Crippen molar-refractivity contribution in [2.24, 2.45) is 5.73 Å². The first-order chi connectivity index (χ1) is 10.8. The van der Waals surface area contributed by atoms with Gasteiger partial charge in [0.1, 0.15) is 6.04 Å². The molecule has 4 N–H and O–H groups in total. The summed E-state index contributed by atoms with van der Waals surface area (Å²) in [6.45, 7) is 5.38. The second-order valence-corrected chi connectivity index (χ2v) is 4.37. The lowest BCUT2D eigenvalue weighted by Gasteiger charge is -2.18. The predicted molar refractivity (Wildman–Crippen MR) is 81.7 cm³/mol. The molecular formula is C15H22F2N2O4. The van der Waals surface area contributed by atoms with Gasteiger partial charge in [-0.2, -0.15) is 4.39 Å². The third kappa shape index (κ3) is 4.38. The molecule has 0 heterocycles. The standard InChI is InChI=1S/C13H16F2N2O4.C2H6/c1-5-8(12(18)17-2)6(4-7(16)13(19)20)9(14)10(15)11(5)21-3;1-2/h7H,4,16H2,1-3H3,(H,17,18)(H,19,20);1-2H3. The molecule has 1 amide bonds. The highest BCUT2D eigenvalue weighted by Crippen LogP contribution is 2.32. The van der Waals surface area contributed by atoms with E-state index in [9.17, 15) is 18.4 Å². The summed E-state index contributed by atoms with van der Waals surface area (Å²) in [5, 5.41) is 11.1. The molecule has 0 fully saturated rings. The first-order valence-electron chi connectivity index (χ1n) is 7.01. The van der Waals surface area contributed by atoms with Gasteiger partial charge in [-0.05, 0) is 6.92 Å². The summed E-state index contributed by atoms with van der Waals surface area (Å²) in [5.74, 6) is -5.09. The number of carboxylic acids is 1. The molecule has 1 atom stereocenters. The van der Waals surface area contributed by atoms with Gasteiger partial charge in [-0.15, -0.1) is 0 Å². The van der Waals surface area contributed by atoms with Crippen LogP contribution in [0.5, 0.6) is 5.75 Å². The summed E-state index contributed by atoms with van der Waals surface area (Å²) in [7, 11) is 2.46. The number of carbonyl (C=O) groups excluding carboxylic acids is 1. The smallest absolute Gasteiger partial charge is 0.320 e. The van der Waals surface area contributed by atoms with Gasteiger partial charge in [0, 0.05) is 24.6 Å². The number of ether oxygens (including phenoxy) is 1. The van der Waals surface area contributed by atoms with Gasteiger partial charge < -0.3 is 20.9 Å². The molecule has 8 heteroatoms. The average molecular weight is 332 g/mol. The van der Waals surface area contributed by atoms with Gasteiger partial charge in [-0.3, -0.25) is 9.59 Å². The average Bonchev–Trinajstić information content (AvgIpc) is 2.54. The summed E-state index contributed by atoms with van der Waals surface area (Å²) < 4.78 is 32.8. The minimum Gasteiger partial charge on any atom is -0.493 e. The molecule has 0 spiro atoms. The van der Waals surface area contributed by atoms with E-state index in [-0.39, 0.29) is 16.7 Å². The highest BCUT2D eigenvalue weighted by Gasteiger charge is 2.28. The number of amides is 1. The number of rotatable bonds is 5. The number of methoxy groups -OCH3 is 1. The third-order valence-corrected chi connectivity index (χ3v) is 3.07. The summed E-state index contributed by atoms with van der Waals surface area (Å²) in [6.07, 6.45) is -0.522. The zero-order chi connectivity index (χ0) is 18.3. The van der Waals surface area contributed by atoms with E-state index in [1.165, 1.54) is 14.0 Å². The normalized spacial score (nSPS) is 11.1. The molecule has 1 rings (SSSR count). The van der Waals surface area contributed by atoms with Crippen LogP contribution >= 0.6 is 0 Å². The van der Waals surface area contributed by atoms with Crippen molar-refractivity contribution in [3.05, 3.63) is 28.3 Å². The number of carboxylic acid groups (broad SMARTS) is 1. The fraction of sp³-hybridized carbons (Fsp3) is 0.467. The number of hydrogen-bond acceptors (Lipinski definition) is 4. The molecule has 0 aliphatic carbocycles. The molecule has 1 aromatic carbocycles. The maximum atomic E-state index is 14.1. The minimum absolute atomic E-state index is 0.0725. The third-order valence-electron chi connectivity index (χ3n) is 3.07. The van der Waals surface area contributed by atoms with Gasteiger partial charge in [-0.1, -0.05) is 13.8 Å². The highest BCUT2D eigenvalue weighted by molar-refractivity contribution is 5.98. The quantitative estimate of drug-likeness (QED) is 0.760. The van der Waals surface area contributed by atoms with Crippen molar-refractivity contribution in [1.82, 2.24) is 5.32 Å². The van der Waals surface area contributed by atoms with E-state index in [1.807, 2.05) is 13.8 Å². The van der Waals surface area contributed by atoms with Crippen LogP contribution in [0.2, 0.25) is 0 Å². The monoisotopic (exact) mass is 332 g/mol. The molecule has 0 bridgehead atoms. The second-order valence-electron chi connectivity index (χ2n) is 4.37. The van der Waals surface area contributed by atoms with Crippen molar-refractivity contribution in [2.75, 3.05) is 14.2 Å². The molecule has 23 heavy (non-hydrogen) atoms. The number of halogens is 2. The Kier molecular flexibility index (Phi) is 8.17. The molecule has 0 aliphatic rings. The van der Waals surface area contributed by atoms with E-state index in [0.717, 1.165) is 7.11 Å². The Morgan fingerprint density at radius 1 is 1.30 bits per heavy atom. The first kappa shape index (κ1) is 20.8. The van der Waals surface area contributed by atoms with Crippen molar-refractivity contribution < 1.29 is 28.2 Å². The van der Waals surface area contributed by atoms with Gasteiger partial charge >= 0.3 is 5.97 Å². The minimum atomic E-state index is -1.46. The van der Waals surface area contributed by atoms with E-state index in [4.69, 9.17) is 15.6 Å². The Hall–Kier alpha value is -2.22. The van der Waals surface area contributed by atoms with Crippen molar-refractivity contribution in [2.45, 2.75) is 33.2 Å². The predicted octanol–water partition coefficient (Wildman–Crippen LogP) is 1.62. The van der Waals surface area contributed by atoms with Crippen LogP contribution in [-0.2, 0) is 11.2 Å². The number of nitrogens with two attached hydrogens (primary N) is 1. The van der Waals surface area contributed by atoms with Crippen LogP contribution in [0.15, 0.2) is 0 Å². The molecule has 0 aromatic heterocycles. The topological polar surface area (TPSA) is 102 Å². The van der Waals surface area contributed by atoms with Gasteiger partial charge in [-0.25, -0.2) is 4.39 Å². The Balaban J connectivity index is 0.00000232. The Labute approximate surface area is 133 Å². The van der Waals surface area contributed by atoms with E-state index in [1.54, 1.807) is 0 Å². The molecule has 130 valence electrons. The maximum Gasteiger partial charge on any atom is 0.320 e. The van der Waals surface area contributed by atoms with Crippen LogP contribution in [0.25, 0.3) is 0 Å². The molecule has 0 aliphatic heterocycles. The molecule has 0 saturated carbocycles. The molecule has 0 radical (unpaired) electrons. The number of aliphatic carboxylic acids is 1. The number of hydrogen-bond donors (Lipinski definition) is 3. The van der Waals surface area contributed by atoms with Crippen LogP contribution in [0.1, 0.15) is 35.3 Å². The van der Waals surface area contributed by atoms with Crippen molar-refractivity contribution >= 4 is 11.9 Å². The highest BCUT2D eigenvalue weighted by atomic mass is 19.2. The van der Waals surface area contributed by atoms with Gasteiger partial charge in [0.25, 0.3) is 5.91 Å². The second kappa shape index (κ2) is 9.04. The van der Waals surface area contributed by atoms with Crippen LogP contribution < -0.4 is 15.8 Å². The Bertz CT molecular complexity index is 592. The van der Waals surface area contributed by atoms with Crippen LogP contribution in [-0.4, -0.2) is 37.2 Å². The summed E-state index contributed by atoms with van der Waals surface area (Å²) in [5.41, 5.74) is 4.85. The zero-order valence-electron chi connectivity index (χ0n) is 13.8. The van der Waals surface area contributed by atoms with Crippen molar-refractivity contribution in [3.63, 3.8) is 0 Å². The lowest BCUT2D eigenvalue weighted by molar-refractivity contribution is -0.138. The van der Waals surface area contributed by atoms with E-state index >= 15 is 0 Å². The summed E-state index contributed by atoms with van der Waals surface area (Å²) in [4.78, 5) is 22.7. The van der Waals surface area contributed by atoms with Crippen molar-refractivity contribution in [1.29, 1.82) is 0 Å². The lowest BCUT2D eigenvalue weighted by atomic mass is 9.94. The van der Waals surface area contributed by atoms with E-state index in [0.29, 0.717) is 0 Å². The van der Waals surface area contributed by atoms with E-state index < -0.39 is 41.7 Å². The van der Waals surface area contributed by atoms with Gasteiger partial charge in [0.05, 0.1) is 12.7 Å². The number of carbonyl (C=O) groups is 2. The van der Waals surface area contributed by atoms with E-state index in [2.05, 4.69) is 5.32 Å². The fourth-order valence-corrected chi connectivity index (χ4v) is 2.02. The Morgan fingerprint density at radius 2 is 1.83 bits per heavy atom. The molecule has 1 unspecified atom stereocenters. The van der Waals surface area contributed by atoms with Gasteiger partial charge in [0.15, 0.2) is 11.6 Å². The first-order valence-corrected chi connectivity index (χ1v) is 7.01. The molecule has 0 saturated heterocycles. The van der Waals surface area contributed by atoms with Gasteiger partial charge in [0.2, 0.25) is 5.82 Å². The maximum absolute atomic E-state index is 14.1. The number of nitrogens with one attached hydrogen (secondary N) is 1. The lowest BCUT2D eigenvalue weighted by Crippen LogP contribution is -2.34. The van der Waals surface area contributed by atoms with Crippen molar-refractivity contribution in [3.8, 4) is 5.75 Å². The SMILES string of the molecule is CC.CNC(=O)c1c(C)c(OC)c(F)c(F)c1CC(N)C(=O)O. The molecule has 6 nitrogen and oxygen atoms in total. The molecule has 1 aromatic rings. The number of benzene rings is 1. The summed E-state index contributed by atoms with van der Waals surface area (Å²) >= 11 is 0.